The third-order valence-electron chi connectivity index (χ3n) is 2.01. The van der Waals surface area contributed by atoms with Crippen molar-refractivity contribution in [2.24, 2.45) is 0 Å². The van der Waals surface area contributed by atoms with Gasteiger partial charge in [-0.3, -0.25) is 0 Å². The molecule has 17 heavy (non-hydrogen) atoms. The first-order chi connectivity index (χ1) is 8.28. The largest absolute Gasteiger partial charge is 0.324 e. The Morgan fingerprint density at radius 1 is 1.24 bits per heavy atom. The first kappa shape index (κ1) is 11.4. The van der Waals surface area contributed by atoms with Crippen LogP contribution in [-0.2, 0) is 0 Å². The Labute approximate surface area is 104 Å². The Balaban J connectivity index is 2.24. The number of hydrogen-bond donors (Lipinski definition) is 1. The van der Waals surface area contributed by atoms with E-state index in [-0.39, 0.29) is 0 Å². The van der Waals surface area contributed by atoms with Gasteiger partial charge in [-0.05, 0) is 25.1 Å². The summed E-state index contributed by atoms with van der Waals surface area (Å²) in [6.45, 7) is 1.87. The summed E-state index contributed by atoms with van der Waals surface area (Å²) in [5, 5.41) is 14.4. The van der Waals surface area contributed by atoms with E-state index in [4.69, 9.17) is 5.26 Å². The standard InChI is InChI=1S/C12H10N4S/c1-9-7-11(17-8-13)16-12(14-9)15-10-5-3-2-4-6-10/h2-7H,1H3,(H,14,15,16). The van der Waals surface area contributed by atoms with Crippen LogP contribution < -0.4 is 5.32 Å². The molecule has 0 unspecified atom stereocenters. The summed E-state index contributed by atoms with van der Waals surface area (Å²) in [6, 6.07) is 11.5. The van der Waals surface area contributed by atoms with Crippen LogP contribution in [0.25, 0.3) is 0 Å². The number of rotatable bonds is 3. The third kappa shape index (κ3) is 3.20. The summed E-state index contributed by atoms with van der Waals surface area (Å²) in [5.74, 6) is 0.508. The molecule has 84 valence electrons. The number of aromatic nitrogens is 2. The lowest BCUT2D eigenvalue weighted by atomic mass is 10.3. The molecule has 2 rings (SSSR count). The molecule has 4 nitrogen and oxygen atoms in total. The Hall–Kier alpha value is -2.06. The maximum atomic E-state index is 8.62. The summed E-state index contributed by atoms with van der Waals surface area (Å²) in [7, 11) is 0. The average Bonchev–Trinajstić information content (AvgIpc) is 2.30. The smallest absolute Gasteiger partial charge is 0.228 e. The second kappa shape index (κ2) is 5.32. The van der Waals surface area contributed by atoms with Crippen LogP contribution in [0.1, 0.15) is 5.69 Å². The van der Waals surface area contributed by atoms with Crippen LogP contribution in [0, 0.1) is 17.6 Å². The zero-order valence-electron chi connectivity index (χ0n) is 9.21. The highest BCUT2D eigenvalue weighted by Gasteiger charge is 2.02. The fourth-order valence-corrected chi connectivity index (χ4v) is 1.80. The molecule has 1 heterocycles. The van der Waals surface area contributed by atoms with Gasteiger partial charge in [-0.15, -0.1) is 0 Å². The topological polar surface area (TPSA) is 61.6 Å². The summed E-state index contributed by atoms with van der Waals surface area (Å²) >= 11 is 1.03. The van der Waals surface area contributed by atoms with Gasteiger partial charge >= 0.3 is 0 Å². The molecule has 0 fully saturated rings. The zero-order valence-corrected chi connectivity index (χ0v) is 10.0. The van der Waals surface area contributed by atoms with Crippen molar-refractivity contribution in [3.8, 4) is 5.40 Å². The van der Waals surface area contributed by atoms with Gasteiger partial charge in [-0.25, -0.2) is 9.97 Å². The number of hydrogen-bond acceptors (Lipinski definition) is 5. The van der Waals surface area contributed by atoms with E-state index in [0.29, 0.717) is 11.0 Å². The minimum absolute atomic E-state index is 0.508. The maximum Gasteiger partial charge on any atom is 0.228 e. The van der Waals surface area contributed by atoms with E-state index in [2.05, 4.69) is 15.3 Å². The number of anilines is 2. The van der Waals surface area contributed by atoms with Crippen LogP contribution >= 0.6 is 11.8 Å². The number of nitriles is 1. The SMILES string of the molecule is Cc1cc(SC#N)nc(Nc2ccccc2)n1. The van der Waals surface area contributed by atoms with E-state index >= 15 is 0 Å². The molecule has 5 heteroatoms. The third-order valence-corrected chi connectivity index (χ3v) is 2.52. The van der Waals surface area contributed by atoms with Crippen molar-refractivity contribution < 1.29 is 0 Å². The minimum atomic E-state index is 0.508. The molecule has 0 bridgehead atoms. The second-order valence-electron chi connectivity index (χ2n) is 3.36. The lowest BCUT2D eigenvalue weighted by Crippen LogP contribution is -1.99. The lowest BCUT2D eigenvalue weighted by Gasteiger charge is -2.06. The maximum absolute atomic E-state index is 8.62. The number of thiocyanates is 1. The van der Waals surface area contributed by atoms with Crippen molar-refractivity contribution in [3.63, 3.8) is 0 Å². The highest BCUT2D eigenvalue weighted by atomic mass is 32.2. The van der Waals surface area contributed by atoms with Crippen molar-refractivity contribution in [2.75, 3.05) is 5.32 Å². The highest BCUT2D eigenvalue weighted by Crippen LogP contribution is 2.18. The molecule has 0 saturated carbocycles. The van der Waals surface area contributed by atoms with Crippen molar-refractivity contribution in [3.05, 3.63) is 42.1 Å². The Kier molecular flexibility index (Phi) is 3.58. The summed E-state index contributed by atoms with van der Waals surface area (Å²) in [4.78, 5) is 8.50. The molecule has 0 spiro atoms. The van der Waals surface area contributed by atoms with Crippen LogP contribution in [0.5, 0.6) is 0 Å². The highest BCUT2D eigenvalue weighted by molar-refractivity contribution is 8.03. The molecule has 1 aromatic heterocycles. The molecule has 0 amide bonds. The fourth-order valence-electron chi connectivity index (χ4n) is 1.35. The van der Waals surface area contributed by atoms with Crippen LogP contribution in [-0.4, -0.2) is 9.97 Å². The summed E-state index contributed by atoms with van der Waals surface area (Å²) in [6.07, 6.45) is 0. The molecule has 0 saturated heterocycles. The summed E-state index contributed by atoms with van der Waals surface area (Å²) in [5.41, 5.74) is 1.75. The normalized spacial score (nSPS) is 9.65. The van der Waals surface area contributed by atoms with Crippen LogP contribution in [0.2, 0.25) is 0 Å². The number of aryl methyl sites for hydroxylation is 1. The van der Waals surface area contributed by atoms with Gasteiger partial charge in [0.15, 0.2) is 0 Å². The summed E-state index contributed by atoms with van der Waals surface area (Å²) < 4.78 is 0. The van der Waals surface area contributed by atoms with Crippen LogP contribution in [0.4, 0.5) is 11.6 Å². The first-order valence-electron chi connectivity index (χ1n) is 5.01. The number of thioether (sulfide) groups is 1. The van der Waals surface area contributed by atoms with Crippen LogP contribution in [0.3, 0.4) is 0 Å². The zero-order chi connectivity index (χ0) is 12.1. The quantitative estimate of drug-likeness (QED) is 0.509. The van der Waals surface area contributed by atoms with Crippen molar-refractivity contribution in [1.82, 2.24) is 9.97 Å². The van der Waals surface area contributed by atoms with E-state index in [1.807, 2.05) is 42.7 Å². The van der Waals surface area contributed by atoms with Gasteiger partial charge in [0.05, 0.1) is 0 Å². The van der Waals surface area contributed by atoms with Crippen molar-refractivity contribution in [1.29, 1.82) is 5.26 Å². The Bertz CT molecular complexity index is 548. The molecular weight excluding hydrogens is 232 g/mol. The van der Waals surface area contributed by atoms with Gasteiger partial charge in [0.25, 0.3) is 0 Å². The second-order valence-corrected chi connectivity index (χ2v) is 4.16. The van der Waals surface area contributed by atoms with Gasteiger partial charge in [0.2, 0.25) is 5.95 Å². The molecular formula is C12H10N4S. The molecule has 1 aromatic carbocycles. The molecule has 0 radical (unpaired) electrons. The predicted octanol–water partition coefficient (Wildman–Crippen LogP) is 3.10. The van der Waals surface area contributed by atoms with E-state index in [0.717, 1.165) is 23.1 Å². The van der Waals surface area contributed by atoms with E-state index in [1.165, 1.54) is 0 Å². The Morgan fingerprint density at radius 3 is 2.71 bits per heavy atom. The van der Waals surface area contributed by atoms with Crippen molar-refractivity contribution >= 4 is 23.4 Å². The number of nitrogens with zero attached hydrogens (tertiary/aromatic N) is 3. The molecule has 0 atom stereocenters. The van der Waals surface area contributed by atoms with Gasteiger partial charge in [0.1, 0.15) is 10.4 Å². The molecule has 0 aliphatic rings. The van der Waals surface area contributed by atoms with Gasteiger partial charge in [0, 0.05) is 23.1 Å². The molecule has 2 aromatic rings. The monoisotopic (exact) mass is 242 g/mol. The van der Waals surface area contributed by atoms with Crippen molar-refractivity contribution in [2.45, 2.75) is 11.9 Å². The predicted molar refractivity (Wildman–Crippen MR) is 68.0 cm³/mol. The number of benzene rings is 1. The van der Waals surface area contributed by atoms with E-state index < -0.39 is 0 Å². The van der Waals surface area contributed by atoms with E-state index in [9.17, 15) is 0 Å². The van der Waals surface area contributed by atoms with Gasteiger partial charge in [-0.2, -0.15) is 5.26 Å². The van der Waals surface area contributed by atoms with Crippen LogP contribution in [0.15, 0.2) is 41.4 Å². The molecule has 1 N–H and O–H groups in total. The average molecular weight is 242 g/mol. The number of nitrogens with one attached hydrogen (secondary N) is 1. The lowest BCUT2D eigenvalue weighted by molar-refractivity contribution is 1.02. The number of para-hydroxylation sites is 1. The minimum Gasteiger partial charge on any atom is -0.324 e. The van der Waals surface area contributed by atoms with Gasteiger partial charge < -0.3 is 5.32 Å². The first-order valence-corrected chi connectivity index (χ1v) is 5.83. The van der Waals surface area contributed by atoms with E-state index in [1.54, 1.807) is 6.07 Å². The van der Waals surface area contributed by atoms with Gasteiger partial charge in [-0.1, -0.05) is 18.2 Å². The molecule has 0 aliphatic carbocycles. The molecule has 0 aliphatic heterocycles. The Morgan fingerprint density at radius 2 is 2.00 bits per heavy atom. The fraction of sp³-hybridized carbons (Fsp3) is 0.0833.